The Kier molecular flexibility index (Phi) is 5.08. The van der Waals surface area contributed by atoms with E-state index in [0.29, 0.717) is 0 Å². The second-order valence-corrected chi connectivity index (χ2v) is 4.87. The summed E-state index contributed by atoms with van der Waals surface area (Å²) < 4.78 is 0. The number of hydrogen-bond acceptors (Lipinski definition) is 2. The van der Waals surface area contributed by atoms with Crippen molar-refractivity contribution >= 4 is 11.8 Å². The van der Waals surface area contributed by atoms with Crippen LogP contribution in [-0.2, 0) is 0 Å². The minimum absolute atomic E-state index is 0.785. The lowest BCUT2D eigenvalue weighted by molar-refractivity contribution is 0.463. The van der Waals surface area contributed by atoms with Crippen molar-refractivity contribution in [2.45, 2.75) is 50.8 Å². The third-order valence-electron chi connectivity index (χ3n) is 2.51. The van der Waals surface area contributed by atoms with Gasteiger partial charge in [0.15, 0.2) is 0 Å². The van der Waals surface area contributed by atoms with E-state index in [1.54, 1.807) is 0 Å². The summed E-state index contributed by atoms with van der Waals surface area (Å²) in [5, 5.41) is 4.53. The topological polar surface area (TPSA) is 12.0 Å². The SMILES string of the molecule is CCCC1NCCCSC1CC. The van der Waals surface area contributed by atoms with Gasteiger partial charge >= 0.3 is 0 Å². The largest absolute Gasteiger partial charge is 0.313 e. The van der Waals surface area contributed by atoms with E-state index in [4.69, 9.17) is 0 Å². The highest BCUT2D eigenvalue weighted by Crippen LogP contribution is 2.24. The average molecular weight is 187 g/mol. The van der Waals surface area contributed by atoms with Gasteiger partial charge in [-0.05, 0) is 31.6 Å². The molecule has 72 valence electrons. The van der Waals surface area contributed by atoms with E-state index >= 15 is 0 Å². The summed E-state index contributed by atoms with van der Waals surface area (Å²) in [7, 11) is 0. The average Bonchev–Trinajstić information content (AvgIpc) is 2.30. The summed E-state index contributed by atoms with van der Waals surface area (Å²) in [6, 6.07) is 0.785. The van der Waals surface area contributed by atoms with Crippen molar-refractivity contribution in [3.63, 3.8) is 0 Å². The molecule has 0 aromatic heterocycles. The fourth-order valence-corrected chi connectivity index (χ4v) is 3.16. The smallest absolute Gasteiger partial charge is 0.0198 e. The van der Waals surface area contributed by atoms with Crippen LogP contribution < -0.4 is 5.32 Å². The maximum atomic E-state index is 3.66. The van der Waals surface area contributed by atoms with Crippen LogP contribution in [0.5, 0.6) is 0 Å². The van der Waals surface area contributed by atoms with Crippen molar-refractivity contribution in [2.24, 2.45) is 0 Å². The summed E-state index contributed by atoms with van der Waals surface area (Å²) in [6.07, 6.45) is 5.34. The van der Waals surface area contributed by atoms with Crippen LogP contribution >= 0.6 is 11.8 Å². The summed E-state index contributed by atoms with van der Waals surface area (Å²) >= 11 is 2.17. The molecule has 2 heteroatoms. The molecule has 0 aromatic rings. The van der Waals surface area contributed by atoms with E-state index in [1.807, 2.05) is 0 Å². The van der Waals surface area contributed by atoms with Crippen LogP contribution in [-0.4, -0.2) is 23.6 Å². The molecular formula is C10H21NS. The zero-order valence-electron chi connectivity index (χ0n) is 8.31. The fraction of sp³-hybridized carbons (Fsp3) is 1.00. The molecule has 1 N–H and O–H groups in total. The lowest BCUT2D eigenvalue weighted by Gasteiger charge is -2.23. The molecule has 12 heavy (non-hydrogen) atoms. The Morgan fingerprint density at radius 2 is 2.25 bits per heavy atom. The third kappa shape index (κ3) is 2.98. The van der Waals surface area contributed by atoms with Crippen LogP contribution in [0.1, 0.15) is 39.5 Å². The molecule has 2 atom stereocenters. The van der Waals surface area contributed by atoms with Gasteiger partial charge < -0.3 is 5.32 Å². The summed E-state index contributed by atoms with van der Waals surface area (Å²) in [5.74, 6) is 1.35. The van der Waals surface area contributed by atoms with Gasteiger partial charge in [-0.25, -0.2) is 0 Å². The van der Waals surface area contributed by atoms with Gasteiger partial charge in [-0.3, -0.25) is 0 Å². The van der Waals surface area contributed by atoms with E-state index in [9.17, 15) is 0 Å². The normalized spacial score (nSPS) is 31.5. The van der Waals surface area contributed by atoms with Crippen molar-refractivity contribution < 1.29 is 0 Å². The number of rotatable bonds is 3. The van der Waals surface area contributed by atoms with Crippen molar-refractivity contribution in [1.82, 2.24) is 5.32 Å². The van der Waals surface area contributed by atoms with Crippen LogP contribution in [0.25, 0.3) is 0 Å². The molecule has 0 aliphatic carbocycles. The Balaban J connectivity index is 2.39. The predicted octanol–water partition coefficient (Wildman–Crippen LogP) is 2.66. The van der Waals surface area contributed by atoms with Gasteiger partial charge in [0.1, 0.15) is 0 Å². The Morgan fingerprint density at radius 3 is 2.92 bits per heavy atom. The zero-order valence-corrected chi connectivity index (χ0v) is 9.12. The van der Waals surface area contributed by atoms with Gasteiger partial charge in [0.25, 0.3) is 0 Å². The molecule has 1 heterocycles. The zero-order chi connectivity index (χ0) is 8.81. The van der Waals surface area contributed by atoms with Gasteiger partial charge in [-0.15, -0.1) is 0 Å². The highest BCUT2D eigenvalue weighted by Gasteiger charge is 2.20. The van der Waals surface area contributed by atoms with E-state index in [0.717, 1.165) is 11.3 Å². The minimum atomic E-state index is 0.785. The van der Waals surface area contributed by atoms with E-state index in [-0.39, 0.29) is 0 Å². The Labute approximate surface area is 80.7 Å². The lowest BCUT2D eigenvalue weighted by atomic mass is 10.1. The highest BCUT2D eigenvalue weighted by atomic mass is 32.2. The standard InChI is InChI=1S/C10H21NS/c1-3-6-9-10(4-2)12-8-5-7-11-9/h9-11H,3-8H2,1-2H3. The number of nitrogens with one attached hydrogen (secondary N) is 1. The lowest BCUT2D eigenvalue weighted by Crippen LogP contribution is -2.36. The molecule has 1 aliphatic rings. The van der Waals surface area contributed by atoms with E-state index in [1.165, 1.54) is 38.0 Å². The van der Waals surface area contributed by atoms with Gasteiger partial charge in [0.2, 0.25) is 0 Å². The number of thioether (sulfide) groups is 1. The van der Waals surface area contributed by atoms with Crippen LogP contribution in [0.4, 0.5) is 0 Å². The van der Waals surface area contributed by atoms with E-state index in [2.05, 4.69) is 30.9 Å². The molecule has 1 aliphatic heterocycles. The first-order chi connectivity index (χ1) is 5.88. The molecule has 0 amide bonds. The molecule has 0 saturated carbocycles. The van der Waals surface area contributed by atoms with Crippen LogP contribution in [0.15, 0.2) is 0 Å². The Hall–Kier alpha value is 0.310. The molecule has 1 nitrogen and oxygen atoms in total. The van der Waals surface area contributed by atoms with Crippen molar-refractivity contribution in [3.8, 4) is 0 Å². The van der Waals surface area contributed by atoms with Gasteiger partial charge in [-0.2, -0.15) is 11.8 Å². The predicted molar refractivity (Wildman–Crippen MR) is 57.9 cm³/mol. The molecule has 1 fully saturated rings. The van der Waals surface area contributed by atoms with Crippen molar-refractivity contribution in [3.05, 3.63) is 0 Å². The van der Waals surface area contributed by atoms with E-state index < -0.39 is 0 Å². The van der Waals surface area contributed by atoms with Crippen LogP contribution in [0.3, 0.4) is 0 Å². The summed E-state index contributed by atoms with van der Waals surface area (Å²) in [6.45, 7) is 5.82. The maximum Gasteiger partial charge on any atom is 0.0198 e. The van der Waals surface area contributed by atoms with Crippen molar-refractivity contribution in [1.29, 1.82) is 0 Å². The van der Waals surface area contributed by atoms with Gasteiger partial charge in [-0.1, -0.05) is 20.3 Å². The van der Waals surface area contributed by atoms with Crippen molar-refractivity contribution in [2.75, 3.05) is 12.3 Å². The second-order valence-electron chi connectivity index (χ2n) is 3.52. The minimum Gasteiger partial charge on any atom is -0.313 e. The van der Waals surface area contributed by atoms with Gasteiger partial charge in [0.05, 0.1) is 0 Å². The first-order valence-electron chi connectivity index (χ1n) is 5.23. The fourth-order valence-electron chi connectivity index (χ4n) is 1.84. The van der Waals surface area contributed by atoms with Crippen LogP contribution in [0, 0.1) is 0 Å². The maximum absolute atomic E-state index is 3.66. The van der Waals surface area contributed by atoms with Crippen LogP contribution in [0.2, 0.25) is 0 Å². The first-order valence-corrected chi connectivity index (χ1v) is 6.28. The number of hydrogen-bond donors (Lipinski definition) is 1. The molecular weight excluding hydrogens is 166 g/mol. The monoisotopic (exact) mass is 187 g/mol. The molecule has 0 radical (unpaired) electrons. The Bertz CT molecular complexity index is 116. The molecule has 0 aromatic carbocycles. The second kappa shape index (κ2) is 5.87. The quantitative estimate of drug-likeness (QED) is 0.729. The Morgan fingerprint density at radius 1 is 1.42 bits per heavy atom. The summed E-state index contributed by atoms with van der Waals surface area (Å²) in [5.41, 5.74) is 0. The molecule has 0 bridgehead atoms. The molecule has 0 spiro atoms. The summed E-state index contributed by atoms with van der Waals surface area (Å²) in [4.78, 5) is 0. The molecule has 2 unspecified atom stereocenters. The van der Waals surface area contributed by atoms with Gasteiger partial charge in [0, 0.05) is 11.3 Å². The molecule has 1 saturated heterocycles. The third-order valence-corrected chi connectivity index (χ3v) is 4.12. The highest BCUT2D eigenvalue weighted by molar-refractivity contribution is 7.99. The first kappa shape index (κ1) is 10.4. The molecule has 1 rings (SSSR count).